The SMILES string of the molecule is CC(C)(SCc1cn2ccccc2n1)[C@@H](N)C(=O)O. The quantitative estimate of drug-likeness (QED) is 0.871. The number of hydrogen-bond donors (Lipinski definition) is 2. The summed E-state index contributed by atoms with van der Waals surface area (Å²) in [7, 11) is 0. The third-order valence-corrected chi connectivity index (χ3v) is 4.46. The molecule has 19 heavy (non-hydrogen) atoms. The van der Waals surface area contributed by atoms with E-state index in [0.29, 0.717) is 5.75 Å². The predicted octanol–water partition coefficient (Wildman–Crippen LogP) is 1.76. The summed E-state index contributed by atoms with van der Waals surface area (Å²) in [6.45, 7) is 3.68. The molecule has 6 heteroatoms. The summed E-state index contributed by atoms with van der Waals surface area (Å²) in [4.78, 5) is 15.4. The molecule has 0 spiro atoms. The maximum atomic E-state index is 10.9. The van der Waals surface area contributed by atoms with Crippen molar-refractivity contribution in [3.05, 3.63) is 36.3 Å². The number of carboxylic acid groups (broad SMARTS) is 1. The molecule has 0 aliphatic heterocycles. The second kappa shape index (κ2) is 5.22. The highest BCUT2D eigenvalue weighted by Gasteiger charge is 2.32. The minimum absolute atomic E-state index is 0.540. The van der Waals surface area contributed by atoms with Gasteiger partial charge in [0.25, 0.3) is 0 Å². The number of aromatic nitrogens is 2. The van der Waals surface area contributed by atoms with Crippen molar-refractivity contribution in [2.45, 2.75) is 30.4 Å². The number of imidazole rings is 1. The van der Waals surface area contributed by atoms with Crippen LogP contribution >= 0.6 is 11.8 Å². The van der Waals surface area contributed by atoms with E-state index in [-0.39, 0.29) is 0 Å². The summed E-state index contributed by atoms with van der Waals surface area (Å²) in [5.41, 5.74) is 7.49. The first kappa shape index (κ1) is 13.9. The van der Waals surface area contributed by atoms with Crippen LogP contribution < -0.4 is 5.73 Å². The molecule has 0 aromatic carbocycles. The van der Waals surface area contributed by atoms with E-state index in [4.69, 9.17) is 10.8 Å². The fraction of sp³-hybridized carbons (Fsp3) is 0.385. The van der Waals surface area contributed by atoms with Crippen LogP contribution in [0.2, 0.25) is 0 Å². The van der Waals surface area contributed by atoms with Gasteiger partial charge in [0.05, 0.1) is 5.69 Å². The Morgan fingerprint density at radius 2 is 2.32 bits per heavy atom. The lowest BCUT2D eigenvalue weighted by Crippen LogP contribution is -2.46. The van der Waals surface area contributed by atoms with Crippen LogP contribution in [0.15, 0.2) is 30.6 Å². The smallest absolute Gasteiger partial charge is 0.321 e. The molecule has 2 heterocycles. The monoisotopic (exact) mass is 279 g/mol. The minimum atomic E-state index is -0.979. The number of rotatable bonds is 5. The predicted molar refractivity (Wildman–Crippen MR) is 76.2 cm³/mol. The molecule has 0 amide bonds. The van der Waals surface area contributed by atoms with Crippen LogP contribution in [0.4, 0.5) is 0 Å². The van der Waals surface area contributed by atoms with E-state index in [2.05, 4.69) is 4.98 Å². The van der Waals surface area contributed by atoms with E-state index in [1.54, 1.807) is 0 Å². The van der Waals surface area contributed by atoms with Gasteiger partial charge in [-0.3, -0.25) is 4.79 Å². The van der Waals surface area contributed by atoms with Crippen molar-refractivity contribution >= 4 is 23.4 Å². The third kappa shape index (κ3) is 3.08. The molecule has 0 saturated heterocycles. The maximum Gasteiger partial charge on any atom is 0.321 e. The topological polar surface area (TPSA) is 80.6 Å². The van der Waals surface area contributed by atoms with Gasteiger partial charge in [-0.1, -0.05) is 6.07 Å². The number of carboxylic acids is 1. The van der Waals surface area contributed by atoms with Gasteiger partial charge in [-0.2, -0.15) is 0 Å². The van der Waals surface area contributed by atoms with Crippen LogP contribution in [0.25, 0.3) is 5.65 Å². The number of pyridine rings is 1. The Balaban J connectivity index is 2.07. The van der Waals surface area contributed by atoms with Crippen molar-refractivity contribution in [2.24, 2.45) is 5.73 Å². The molecule has 3 N–H and O–H groups in total. The number of nitrogens with two attached hydrogens (primary N) is 1. The largest absolute Gasteiger partial charge is 0.480 e. The second-order valence-electron chi connectivity index (χ2n) is 4.91. The molecule has 5 nitrogen and oxygen atoms in total. The zero-order chi connectivity index (χ0) is 14.0. The lowest BCUT2D eigenvalue weighted by Gasteiger charge is -2.27. The van der Waals surface area contributed by atoms with Gasteiger partial charge in [0.15, 0.2) is 0 Å². The van der Waals surface area contributed by atoms with Gasteiger partial charge >= 0.3 is 5.97 Å². The summed E-state index contributed by atoms with van der Waals surface area (Å²) in [5, 5.41) is 8.97. The zero-order valence-corrected chi connectivity index (χ0v) is 11.7. The Morgan fingerprint density at radius 3 is 2.95 bits per heavy atom. The van der Waals surface area contributed by atoms with Gasteiger partial charge in [-0.25, -0.2) is 4.98 Å². The number of carbonyl (C=O) groups is 1. The van der Waals surface area contributed by atoms with Gasteiger partial charge in [-0.15, -0.1) is 11.8 Å². The normalized spacial score (nSPS) is 13.6. The van der Waals surface area contributed by atoms with Crippen LogP contribution in [0, 0.1) is 0 Å². The van der Waals surface area contributed by atoms with Crippen molar-refractivity contribution in [3.8, 4) is 0 Å². The first-order valence-corrected chi connectivity index (χ1v) is 6.93. The number of fused-ring (bicyclic) bond motifs is 1. The van der Waals surface area contributed by atoms with Gasteiger partial charge in [-0.05, 0) is 26.0 Å². The molecule has 0 saturated carbocycles. The van der Waals surface area contributed by atoms with Crippen molar-refractivity contribution in [1.29, 1.82) is 0 Å². The molecule has 0 fully saturated rings. The van der Waals surface area contributed by atoms with Gasteiger partial charge in [0.1, 0.15) is 11.7 Å². The van der Waals surface area contributed by atoms with Crippen molar-refractivity contribution in [2.75, 3.05) is 0 Å². The average Bonchev–Trinajstić information content (AvgIpc) is 2.78. The first-order valence-electron chi connectivity index (χ1n) is 5.95. The zero-order valence-electron chi connectivity index (χ0n) is 10.9. The van der Waals surface area contributed by atoms with Crippen molar-refractivity contribution < 1.29 is 9.90 Å². The Kier molecular flexibility index (Phi) is 3.82. The Hall–Kier alpha value is -1.53. The summed E-state index contributed by atoms with van der Waals surface area (Å²) >= 11 is 1.50. The molecule has 0 bridgehead atoms. The average molecular weight is 279 g/mol. The maximum absolute atomic E-state index is 10.9. The standard InChI is InChI=1S/C13H17N3O2S/c1-13(2,11(14)12(17)18)19-8-9-7-16-6-4-3-5-10(16)15-9/h3-7,11H,8,14H2,1-2H3,(H,17,18)/t11-/m0/s1. The van der Waals surface area contributed by atoms with E-state index in [1.165, 1.54) is 11.8 Å². The molecule has 0 aliphatic rings. The third-order valence-electron chi connectivity index (χ3n) is 3.02. The van der Waals surface area contributed by atoms with Gasteiger partial charge < -0.3 is 15.2 Å². The summed E-state index contributed by atoms with van der Waals surface area (Å²) < 4.78 is 1.40. The Labute approximate surface area is 115 Å². The molecular formula is C13H17N3O2S. The highest BCUT2D eigenvalue weighted by molar-refractivity contribution is 7.99. The van der Waals surface area contributed by atoms with Crippen LogP contribution in [0.5, 0.6) is 0 Å². The number of hydrogen-bond acceptors (Lipinski definition) is 4. The van der Waals surface area contributed by atoms with Gasteiger partial charge in [0, 0.05) is 22.9 Å². The molecule has 102 valence electrons. The van der Waals surface area contributed by atoms with E-state index < -0.39 is 16.8 Å². The molecule has 2 aromatic heterocycles. The second-order valence-corrected chi connectivity index (χ2v) is 6.54. The van der Waals surface area contributed by atoms with Crippen LogP contribution in [-0.2, 0) is 10.5 Å². The number of aliphatic carboxylic acids is 1. The molecule has 2 aromatic rings. The summed E-state index contributed by atoms with van der Waals surface area (Å²) in [5.74, 6) is -0.345. The molecular weight excluding hydrogens is 262 g/mol. The lowest BCUT2D eigenvalue weighted by atomic mass is 10.1. The highest BCUT2D eigenvalue weighted by Crippen LogP contribution is 2.30. The molecule has 1 atom stereocenters. The fourth-order valence-electron chi connectivity index (χ4n) is 1.70. The molecule has 0 radical (unpaired) electrons. The van der Waals surface area contributed by atoms with E-state index >= 15 is 0 Å². The Morgan fingerprint density at radius 1 is 1.58 bits per heavy atom. The van der Waals surface area contributed by atoms with Gasteiger partial charge in [0.2, 0.25) is 0 Å². The first-order chi connectivity index (χ1) is 8.90. The van der Waals surface area contributed by atoms with Crippen LogP contribution in [0.3, 0.4) is 0 Å². The molecule has 2 rings (SSSR count). The molecule has 0 aliphatic carbocycles. The van der Waals surface area contributed by atoms with Crippen LogP contribution in [0.1, 0.15) is 19.5 Å². The minimum Gasteiger partial charge on any atom is -0.480 e. The van der Waals surface area contributed by atoms with E-state index in [1.807, 2.05) is 48.8 Å². The molecule has 0 unspecified atom stereocenters. The van der Waals surface area contributed by atoms with Crippen molar-refractivity contribution in [1.82, 2.24) is 9.38 Å². The van der Waals surface area contributed by atoms with E-state index in [9.17, 15) is 4.79 Å². The fourth-order valence-corrected chi connectivity index (χ4v) is 2.64. The Bertz CT molecular complexity index is 561. The van der Waals surface area contributed by atoms with Crippen molar-refractivity contribution in [3.63, 3.8) is 0 Å². The highest BCUT2D eigenvalue weighted by atomic mass is 32.2. The van der Waals surface area contributed by atoms with Crippen LogP contribution in [-0.4, -0.2) is 31.2 Å². The lowest BCUT2D eigenvalue weighted by molar-refractivity contribution is -0.139. The summed E-state index contributed by atoms with van der Waals surface area (Å²) in [6, 6.07) is 4.91. The summed E-state index contributed by atoms with van der Waals surface area (Å²) in [6.07, 6.45) is 3.88. The van der Waals surface area contributed by atoms with E-state index in [0.717, 1.165) is 11.3 Å². The number of thioether (sulfide) groups is 1. The number of nitrogens with zero attached hydrogens (tertiary/aromatic N) is 2.